The Hall–Kier alpha value is -2.80. The van der Waals surface area contributed by atoms with E-state index in [1.807, 2.05) is 35.7 Å². The van der Waals surface area contributed by atoms with Gasteiger partial charge in [-0.1, -0.05) is 18.2 Å². The van der Waals surface area contributed by atoms with E-state index in [2.05, 4.69) is 6.58 Å². The molecule has 0 aliphatic carbocycles. The van der Waals surface area contributed by atoms with Crippen LogP contribution < -0.4 is 9.47 Å². The molecule has 1 aromatic heterocycles. The fraction of sp³-hybridized carbons (Fsp3) is 0.364. The van der Waals surface area contributed by atoms with Crippen molar-refractivity contribution in [2.45, 2.75) is 19.9 Å². The highest BCUT2D eigenvalue weighted by atomic mass is 32.1. The van der Waals surface area contributed by atoms with E-state index in [0.717, 1.165) is 10.4 Å². The summed E-state index contributed by atoms with van der Waals surface area (Å²) in [5.74, 6) is 1.10. The van der Waals surface area contributed by atoms with Gasteiger partial charge in [-0.25, -0.2) is 0 Å². The number of carbonyl (C=O) groups is 2. The van der Waals surface area contributed by atoms with Crippen molar-refractivity contribution in [3.63, 3.8) is 0 Å². The molecule has 29 heavy (non-hydrogen) atoms. The zero-order valence-corrected chi connectivity index (χ0v) is 18.0. The van der Waals surface area contributed by atoms with Crippen LogP contribution >= 0.6 is 11.3 Å². The number of thiophene rings is 1. The minimum atomic E-state index is -0.144. The van der Waals surface area contributed by atoms with Crippen molar-refractivity contribution in [1.82, 2.24) is 9.80 Å². The third kappa shape index (κ3) is 6.64. The van der Waals surface area contributed by atoms with Gasteiger partial charge in [0.2, 0.25) is 11.8 Å². The Balaban J connectivity index is 2.12. The lowest BCUT2D eigenvalue weighted by Crippen LogP contribution is -2.42. The van der Waals surface area contributed by atoms with Gasteiger partial charge >= 0.3 is 0 Å². The molecular weight excluding hydrogens is 388 g/mol. The first-order valence-corrected chi connectivity index (χ1v) is 10.2. The average molecular weight is 417 g/mol. The third-order valence-corrected chi connectivity index (χ3v) is 5.38. The summed E-state index contributed by atoms with van der Waals surface area (Å²) in [6.07, 6.45) is 2.29. The number of carbonyl (C=O) groups excluding carboxylic acids is 2. The average Bonchev–Trinajstić information content (AvgIpc) is 3.23. The Morgan fingerprint density at radius 1 is 1.14 bits per heavy atom. The molecular formula is C22H28N2O4S. The first-order chi connectivity index (χ1) is 14.0. The SMILES string of the molecule is C=CCN(CC(=O)N(CCc1ccc(OC)c(OC)c1)Cc1cccs1)C(C)=O. The Labute approximate surface area is 176 Å². The van der Waals surface area contributed by atoms with Gasteiger partial charge in [-0.3, -0.25) is 9.59 Å². The van der Waals surface area contributed by atoms with Gasteiger partial charge in [0.1, 0.15) is 6.54 Å². The van der Waals surface area contributed by atoms with Crippen molar-refractivity contribution in [2.24, 2.45) is 0 Å². The van der Waals surface area contributed by atoms with Crippen molar-refractivity contribution in [2.75, 3.05) is 33.9 Å². The number of hydrogen-bond acceptors (Lipinski definition) is 5. The van der Waals surface area contributed by atoms with Crippen LogP contribution in [-0.2, 0) is 22.6 Å². The van der Waals surface area contributed by atoms with E-state index < -0.39 is 0 Å². The summed E-state index contributed by atoms with van der Waals surface area (Å²) < 4.78 is 10.6. The second kappa shape index (κ2) is 11.3. The summed E-state index contributed by atoms with van der Waals surface area (Å²) in [5.41, 5.74) is 1.04. The molecule has 0 atom stereocenters. The second-order valence-electron chi connectivity index (χ2n) is 6.52. The summed E-state index contributed by atoms with van der Waals surface area (Å²) in [7, 11) is 3.20. The van der Waals surface area contributed by atoms with Crippen LogP contribution in [0.25, 0.3) is 0 Å². The van der Waals surface area contributed by atoms with Crippen molar-refractivity contribution < 1.29 is 19.1 Å². The highest BCUT2D eigenvalue weighted by Crippen LogP contribution is 2.27. The molecule has 156 valence electrons. The van der Waals surface area contributed by atoms with Gasteiger partial charge in [-0.2, -0.15) is 0 Å². The van der Waals surface area contributed by atoms with E-state index in [-0.39, 0.29) is 18.4 Å². The number of ether oxygens (including phenoxy) is 2. The van der Waals surface area contributed by atoms with Gasteiger partial charge in [0, 0.05) is 24.9 Å². The topological polar surface area (TPSA) is 59.1 Å². The summed E-state index contributed by atoms with van der Waals surface area (Å²) in [5, 5.41) is 1.99. The maximum absolute atomic E-state index is 13.0. The molecule has 0 fully saturated rings. The van der Waals surface area contributed by atoms with Crippen LogP contribution in [0.3, 0.4) is 0 Å². The molecule has 7 heteroatoms. The van der Waals surface area contributed by atoms with E-state index in [9.17, 15) is 9.59 Å². The minimum absolute atomic E-state index is 0.0403. The maximum Gasteiger partial charge on any atom is 0.242 e. The van der Waals surface area contributed by atoms with Crippen LogP contribution in [-0.4, -0.2) is 55.5 Å². The summed E-state index contributed by atoms with van der Waals surface area (Å²) in [4.78, 5) is 29.2. The molecule has 2 rings (SSSR count). The first-order valence-electron chi connectivity index (χ1n) is 9.36. The lowest BCUT2D eigenvalue weighted by atomic mass is 10.1. The number of hydrogen-bond donors (Lipinski definition) is 0. The Morgan fingerprint density at radius 3 is 2.48 bits per heavy atom. The quantitative estimate of drug-likeness (QED) is 0.527. The van der Waals surface area contributed by atoms with E-state index >= 15 is 0 Å². The lowest BCUT2D eigenvalue weighted by Gasteiger charge is -2.26. The molecule has 1 aromatic carbocycles. The number of nitrogens with zero attached hydrogens (tertiary/aromatic N) is 2. The van der Waals surface area contributed by atoms with E-state index in [4.69, 9.17) is 9.47 Å². The van der Waals surface area contributed by atoms with E-state index in [0.29, 0.717) is 37.6 Å². The molecule has 2 aromatic rings. The van der Waals surface area contributed by atoms with Crippen LogP contribution in [0.15, 0.2) is 48.4 Å². The number of rotatable bonds is 11. The molecule has 2 amide bonds. The fourth-order valence-electron chi connectivity index (χ4n) is 2.91. The molecule has 0 N–H and O–H groups in total. The number of methoxy groups -OCH3 is 2. The fourth-order valence-corrected chi connectivity index (χ4v) is 3.63. The number of benzene rings is 1. The van der Waals surface area contributed by atoms with Crippen LogP contribution in [0, 0.1) is 0 Å². The molecule has 0 aliphatic heterocycles. The third-order valence-electron chi connectivity index (χ3n) is 4.52. The Bertz CT molecular complexity index is 820. The van der Waals surface area contributed by atoms with E-state index in [1.54, 1.807) is 36.5 Å². The molecule has 0 spiro atoms. The van der Waals surface area contributed by atoms with Crippen LogP contribution in [0.1, 0.15) is 17.4 Å². The minimum Gasteiger partial charge on any atom is -0.493 e. The molecule has 1 heterocycles. The molecule has 0 unspecified atom stereocenters. The van der Waals surface area contributed by atoms with Gasteiger partial charge in [0.05, 0.1) is 20.8 Å². The van der Waals surface area contributed by atoms with Gasteiger partial charge in [0.25, 0.3) is 0 Å². The van der Waals surface area contributed by atoms with Crippen molar-refractivity contribution in [1.29, 1.82) is 0 Å². The van der Waals surface area contributed by atoms with Crippen LogP contribution in [0.5, 0.6) is 11.5 Å². The molecule has 0 saturated carbocycles. The van der Waals surface area contributed by atoms with Gasteiger partial charge < -0.3 is 19.3 Å². The summed E-state index contributed by atoms with van der Waals surface area (Å²) in [6, 6.07) is 9.73. The van der Waals surface area contributed by atoms with Crippen LogP contribution in [0.2, 0.25) is 0 Å². The standard InChI is InChI=1S/C22H28N2O4S/c1-5-11-23(17(2)25)16-22(26)24(15-19-7-6-13-29-19)12-10-18-8-9-20(27-3)21(14-18)28-4/h5-9,13-14H,1,10-12,15-16H2,2-4H3. The van der Waals surface area contributed by atoms with Crippen molar-refractivity contribution in [3.8, 4) is 11.5 Å². The smallest absolute Gasteiger partial charge is 0.242 e. The molecule has 6 nitrogen and oxygen atoms in total. The lowest BCUT2D eigenvalue weighted by molar-refractivity contribution is -0.139. The second-order valence-corrected chi connectivity index (χ2v) is 7.55. The molecule has 0 bridgehead atoms. The van der Waals surface area contributed by atoms with Gasteiger partial charge in [-0.05, 0) is 35.6 Å². The number of amides is 2. The predicted octanol–water partition coefficient (Wildman–Crippen LogP) is 3.37. The maximum atomic E-state index is 13.0. The van der Waals surface area contributed by atoms with Crippen molar-refractivity contribution >= 4 is 23.2 Å². The monoisotopic (exact) mass is 416 g/mol. The zero-order valence-electron chi connectivity index (χ0n) is 17.2. The highest BCUT2D eigenvalue weighted by Gasteiger charge is 2.19. The van der Waals surface area contributed by atoms with Gasteiger partial charge in [0.15, 0.2) is 11.5 Å². The molecule has 0 aliphatic rings. The predicted molar refractivity (Wildman–Crippen MR) is 115 cm³/mol. The van der Waals surface area contributed by atoms with Crippen LogP contribution in [0.4, 0.5) is 0 Å². The largest absolute Gasteiger partial charge is 0.493 e. The highest BCUT2D eigenvalue weighted by molar-refractivity contribution is 7.09. The molecule has 0 saturated heterocycles. The molecule has 0 radical (unpaired) electrons. The summed E-state index contributed by atoms with van der Waals surface area (Å²) in [6.45, 7) is 6.57. The Kier molecular flexibility index (Phi) is 8.73. The first kappa shape index (κ1) is 22.5. The zero-order chi connectivity index (χ0) is 21.2. The van der Waals surface area contributed by atoms with Gasteiger partial charge in [-0.15, -0.1) is 17.9 Å². The van der Waals surface area contributed by atoms with Crippen molar-refractivity contribution in [3.05, 3.63) is 58.8 Å². The summed E-state index contributed by atoms with van der Waals surface area (Å²) >= 11 is 1.61. The normalized spacial score (nSPS) is 10.3. The Morgan fingerprint density at radius 2 is 1.90 bits per heavy atom. The van der Waals surface area contributed by atoms with E-state index in [1.165, 1.54) is 11.8 Å².